The summed E-state index contributed by atoms with van der Waals surface area (Å²) in [6.45, 7) is 0. The lowest BCUT2D eigenvalue weighted by atomic mass is 9.72. The van der Waals surface area contributed by atoms with Crippen LogP contribution in [0.5, 0.6) is 11.5 Å². The van der Waals surface area contributed by atoms with Crippen molar-refractivity contribution < 1.29 is 85.7 Å². The number of carboxylic acids is 4. The summed E-state index contributed by atoms with van der Waals surface area (Å²) in [6, 6.07) is 18.3. The highest BCUT2D eigenvalue weighted by Crippen LogP contribution is 2.57. The molecule has 0 unspecified atom stereocenters. The quantitative estimate of drug-likeness (QED) is 0.0423. The molecule has 0 heterocycles. The lowest BCUT2D eigenvalue weighted by molar-refractivity contribution is -0.288. The summed E-state index contributed by atoms with van der Waals surface area (Å²) in [5.41, 5.74) is -13.5. The zero-order valence-electron chi connectivity index (χ0n) is 32.4. The van der Waals surface area contributed by atoms with Gasteiger partial charge in [-0.3, -0.25) is 9.59 Å². The number of hydrogen-bond donors (Lipinski definition) is 8. The zero-order chi connectivity index (χ0) is 47.8. The molecule has 0 aliphatic heterocycles. The predicted octanol–water partition coefficient (Wildman–Crippen LogP) is 9.14. The second kappa shape index (κ2) is 17.2. The summed E-state index contributed by atoms with van der Waals surface area (Å²) in [5.74, 6) is -10.9. The van der Waals surface area contributed by atoms with Crippen LogP contribution in [-0.4, -0.2) is 78.7 Å². The first kappa shape index (κ1) is 45.8. The number of phenolic OH excluding ortho intramolecular Hbond substituents is 2. The van der Waals surface area contributed by atoms with Crippen molar-refractivity contribution in [3.8, 4) is 33.8 Å². The van der Waals surface area contributed by atoms with Gasteiger partial charge in [0.15, 0.2) is 0 Å². The minimum atomic E-state index is -6.28. The summed E-state index contributed by atoms with van der Waals surface area (Å²) in [7, 11) is 0. The van der Waals surface area contributed by atoms with Gasteiger partial charge >= 0.3 is 36.2 Å². The Balaban J connectivity index is 1.42. The highest BCUT2D eigenvalue weighted by molar-refractivity contribution is 6.11. The lowest BCUT2D eigenvalue weighted by Gasteiger charge is -2.38. The number of benzene rings is 6. The van der Waals surface area contributed by atoms with E-state index in [1.165, 1.54) is 36.4 Å². The number of amides is 2. The molecule has 0 aromatic heterocycles. The third kappa shape index (κ3) is 8.59. The Kier molecular flexibility index (Phi) is 12.2. The number of rotatable bonds is 12. The molecule has 0 radical (unpaired) electrons. The SMILES string of the molecule is O=C(O)c1ccc(-c2ccccc2C(=O)Nc2cc(C(c3ccc(O)c(NC(=O)c4ccccc4-c4ccc(C(=O)O)c(C(=O)O)c4)c3)(C(F)(F)F)C(F)(F)F)ccc2O)cc1C(=O)O. The van der Waals surface area contributed by atoms with E-state index in [4.69, 9.17) is 0 Å². The Hall–Kier alpha value is -8.68. The minimum absolute atomic E-state index is 0.0234. The Morgan fingerprint density at radius 2 is 0.738 bits per heavy atom. The largest absolute Gasteiger partial charge is 0.506 e. The second-order valence-electron chi connectivity index (χ2n) is 14.0. The van der Waals surface area contributed by atoms with Crippen molar-refractivity contribution in [3.05, 3.63) is 166 Å². The fourth-order valence-corrected chi connectivity index (χ4v) is 7.12. The number of aromatic hydroxyl groups is 2. The molecule has 2 amide bonds. The van der Waals surface area contributed by atoms with Crippen LogP contribution < -0.4 is 10.6 Å². The molecule has 0 fully saturated rings. The minimum Gasteiger partial charge on any atom is -0.506 e. The topological polar surface area (TPSA) is 248 Å². The van der Waals surface area contributed by atoms with Crippen LogP contribution in [0.1, 0.15) is 73.3 Å². The normalized spacial score (nSPS) is 11.7. The number of carboxylic acid groups (broad SMARTS) is 4. The first-order chi connectivity index (χ1) is 30.5. The van der Waals surface area contributed by atoms with E-state index in [1.54, 1.807) is 0 Å². The van der Waals surface area contributed by atoms with Gasteiger partial charge < -0.3 is 41.3 Å². The number of carbonyl (C=O) groups excluding carboxylic acids is 2. The summed E-state index contributed by atoms with van der Waals surface area (Å²) < 4.78 is 92.4. The third-order valence-corrected chi connectivity index (χ3v) is 10.1. The van der Waals surface area contributed by atoms with E-state index >= 15 is 26.3 Å². The first-order valence-corrected chi connectivity index (χ1v) is 18.3. The molecule has 0 bridgehead atoms. The number of carbonyl (C=O) groups is 6. The molecule has 6 aromatic rings. The van der Waals surface area contributed by atoms with Crippen molar-refractivity contribution in [2.45, 2.75) is 17.8 Å². The average molecular weight is 903 g/mol. The number of phenols is 2. The molecule has 0 spiro atoms. The van der Waals surface area contributed by atoms with E-state index in [1.807, 2.05) is 0 Å². The third-order valence-electron chi connectivity index (χ3n) is 10.1. The van der Waals surface area contributed by atoms with E-state index in [-0.39, 0.29) is 45.5 Å². The van der Waals surface area contributed by atoms with Crippen LogP contribution in [0.15, 0.2) is 121 Å². The van der Waals surface area contributed by atoms with Crippen molar-refractivity contribution in [1.82, 2.24) is 0 Å². The molecule has 332 valence electrons. The molecule has 6 aromatic carbocycles. The van der Waals surface area contributed by atoms with Crippen LogP contribution in [0.3, 0.4) is 0 Å². The number of halogens is 6. The molecule has 65 heavy (non-hydrogen) atoms. The molecule has 14 nitrogen and oxygen atoms in total. The molecule has 8 N–H and O–H groups in total. The van der Waals surface area contributed by atoms with Gasteiger partial charge in [-0.1, -0.05) is 60.7 Å². The maximum atomic E-state index is 15.4. The van der Waals surface area contributed by atoms with Crippen molar-refractivity contribution in [1.29, 1.82) is 0 Å². The van der Waals surface area contributed by atoms with Crippen LogP contribution in [0.2, 0.25) is 0 Å². The van der Waals surface area contributed by atoms with Crippen LogP contribution >= 0.6 is 0 Å². The first-order valence-electron chi connectivity index (χ1n) is 18.3. The Labute approximate surface area is 360 Å². The van der Waals surface area contributed by atoms with E-state index in [0.29, 0.717) is 24.3 Å². The van der Waals surface area contributed by atoms with Gasteiger partial charge in [-0.15, -0.1) is 0 Å². The van der Waals surface area contributed by atoms with E-state index < -0.39 is 110 Å². The van der Waals surface area contributed by atoms with Gasteiger partial charge in [0, 0.05) is 11.1 Å². The van der Waals surface area contributed by atoms with Gasteiger partial charge in [0.2, 0.25) is 5.41 Å². The van der Waals surface area contributed by atoms with Gasteiger partial charge in [-0.2, -0.15) is 26.3 Å². The van der Waals surface area contributed by atoms with Crippen molar-refractivity contribution >= 4 is 47.1 Å². The van der Waals surface area contributed by atoms with Crippen LogP contribution in [0.25, 0.3) is 22.3 Å². The fourth-order valence-electron chi connectivity index (χ4n) is 7.12. The number of anilines is 2. The van der Waals surface area contributed by atoms with Crippen molar-refractivity contribution in [2.24, 2.45) is 0 Å². The van der Waals surface area contributed by atoms with Gasteiger partial charge in [-0.25, -0.2) is 19.2 Å². The molecule has 0 aliphatic carbocycles. The molecular weight excluding hydrogens is 874 g/mol. The van der Waals surface area contributed by atoms with Gasteiger partial charge in [0.1, 0.15) is 11.5 Å². The average Bonchev–Trinajstić information content (AvgIpc) is 3.24. The molecule has 20 heteroatoms. The summed E-state index contributed by atoms with van der Waals surface area (Å²) in [5, 5.41) is 63.5. The fraction of sp³-hybridized carbons (Fsp3) is 0.0667. The van der Waals surface area contributed by atoms with E-state index in [0.717, 1.165) is 48.5 Å². The lowest BCUT2D eigenvalue weighted by Crippen LogP contribution is -2.54. The molecule has 0 saturated carbocycles. The van der Waals surface area contributed by atoms with Gasteiger partial charge in [-0.05, 0) is 94.0 Å². The number of alkyl halides is 6. The number of nitrogens with one attached hydrogen (secondary N) is 2. The maximum absolute atomic E-state index is 15.4. The predicted molar refractivity (Wildman–Crippen MR) is 217 cm³/mol. The summed E-state index contributed by atoms with van der Waals surface area (Å²) in [4.78, 5) is 74.2. The van der Waals surface area contributed by atoms with Crippen molar-refractivity contribution in [2.75, 3.05) is 10.6 Å². The standard InChI is InChI=1S/C45H28F6N2O12/c46-44(47,48)43(45(49,50)51,23-11-15-35(54)33(19-23)52-37(56)27-7-3-1-5-25(27)21-9-13-29(39(58)59)31(17-21)41(62)63)24-12-16-36(55)34(20-24)53-38(57)28-8-4-2-6-26(28)22-10-14-30(40(60)61)32(18-22)42(64)65/h1-20,54-55H,(H,52,56)(H,53,57)(H,58,59)(H,60,61)(H,62,63)(H,64,65). The second-order valence-corrected chi connectivity index (χ2v) is 14.0. The molecule has 0 saturated heterocycles. The number of hydrogen-bond acceptors (Lipinski definition) is 8. The van der Waals surface area contributed by atoms with Crippen LogP contribution in [-0.2, 0) is 5.41 Å². The molecule has 0 aliphatic rings. The van der Waals surface area contributed by atoms with Gasteiger partial charge in [0.25, 0.3) is 11.8 Å². The van der Waals surface area contributed by atoms with E-state index in [2.05, 4.69) is 10.6 Å². The van der Waals surface area contributed by atoms with Crippen LogP contribution in [0.4, 0.5) is 37.7 Å². The van der Waals surface area contributed by atoms with Crippen molar-refractivity contribution in [3.63, 3.8) is 0 Å². The summed E-state index contributed by atoms with van der Waals surface area (Å²) >= 11 is 0. The molecular formula is C45H28F6N2O12. The zero-order valence-corrected chi connectivity index (χ0v) is 32.4. The molecule has 6 rings (SSSR count). The maximum Gasteiger partial charge on any atom is 0.411 e. The smallest absolute Gasteiger partial charge is 0.411 e. The highest BCUT2D eigenvalue weighted by Gasteiger charge is 2.72. The monoisotopic (exact) mass is 902 g/mol. The Bertz CT molecular complexity index is 2770. The number of aromatic carboxylic acids is 4. The molecule has 0 atom stereocenters. The highest BCUT2D eigenvalue weighted by atomic mass is 19.4. The summed E-state index contributed by atoms with van der Waals surface area (Å²) in [6.07, 6.45) is -12.6. The van der Waals surface area contributed by atoms with E-state index in [9.17, 15) is 59.4 Å². The van der Waals surface area contributed by atoms with Crippen LogP contribution in [0, 0.1) is 0 Å². The van der Waals surface area contributed by atoms with Gasteiger partial charge in [0.05, 0.1) is 33.6 Å². The Morgan fingerprint density at radius 3 is 1.06 bits per heavy atom. The Morgan fingerprint density at radius 1 is 0.400 bits per heavy atom.